The minimum atomic E-state index is -2.33. The molecule has 5 aliphatic rings. The maximum absolute atomic E-state index is 16.1. The number of allylic oxidation sites excluding steroid dienone is 1. The van der Waals surface area contributed by atoms with Gasteiger partial charge in [-0.2, -0.15) is 0 Å². The molecule has 3 aliphatic carbocycles. The molecule has 366 valence electrons. The summed E-state index contributed by atoms with van der Waals surface area (Å²) in [6.07, 6.45) is -9.87. The summed E-state index contributed by atoms with van der Waals surface area (Å²) in [6, 6.07) is 16.3. The molecule has 20 heteroatoms. The molecule has 0 amide bonds. The van der Waals surface area contributed by atoms with Gasteiger partial charge in [0.1, 0.15) is 18.8 Å². The summed E-state index contributed by atoms with van der Waals surface area (Å²) < 4.78 is 52.4. The fourth-order valence-corrected chi connectivity index (χ4v) is 11.8. The standard InChI is InChI=1S/C48H55BCl3NO15/c1-25-30(19-31(56)36-35(28-15-11-9-12-16-28)53(24-49-61)44(6,7)68-36)21-47(60)40(66-41(58)29-17-13-10-14-18-29)38-45(8,39(57)37(64-26(2)54)34(25)43(47,4)5)32(65-42(59)63-23-48(50,51)52)20-33-46(38,22-62-33)67-27(3)55/h9-18,30,32-33,35-38,40,60H,19-24H2,1-8H3/t30-,32?,33?,35?,36?,37?,38?,40?,45+,46?,47?/m0/s1. The van der Waals surface area contributed by atoms with Gasteiger partial charge in [-0.3, -0.25) is 9.59 Å². The molecule has 2 aromatic rings. The summed E-state index contributed by atoms with van der Waals surface area (Å²) in [5.41, 5.74) is -7.79. The SMILES string of the molecule is CC(=O)OC1C(=O)[C@]2(C)C(OC(=O)OCC(Cl)(Cl)Cl)CC3OCC3(OC(C)=O)C2C(OC(=O)c2ccccc2)C2(O)C[C@H](CC(=O)C3OC(C)(C)N(CB=O)C3c3ccccc3)C(C)=C1C2(C)C. The Morgan fingerprint density at radius 1 is 0.912 bits per heavy atom. The van der Waals surface area contributed by atoms with Gasteiger partial charge in [-0.15, -0.1) is 0 Å². The first-order valence-electron chi connectivity index (χ1n) is 22.3. The van der Waals surface area contributed by atoms with Crippen LogP contribution >= 0.6 is 34.8 Å². The molecule has 0 radical (unpaired) electrons. The molecular weight excluding hydrogens is 948 g/mol. The fraction of sp³-hybridized carbons (Fsp3) is 0.583. The average Bonchev–Trinajstić information content (AvgIpc) is 3.53. The van der Waals surface area contributed by atoms with Crippen molar-refractivity contribution in [3.05, 3.63) is 82.9 Å². The van der Waals surface area contributed by atoms with E-state index in [9.17, 15) is 29.0 Å². The molecule has 0 aromatic heterocycles. The fourth-order valence-electron chi connectivity index (χ4n) is 11.7. The molecule has 16 nitrogen and oxygen atoms in total. The molecule has 2 saturated carbocycles. The van der Waals surface area contributed by atoms with Crippen LogP contribution in [0, 0.1) is 22.7 Å². The van der Waals surface area contributed by atoms with Crippen LogP contribution in [0.3, 0.4) is 0 Å². The second-order valence-corrected chi connectivity index (χ2v) is 22.0. The second kappa shape index (κ2) is 18.8. The number of carbonyl (C=O) groups excluding carboxylic acids is 6. The number of halogens is 3. The number of esters is 3. The van der Waals surface area contributed by atoms with Crippen LogP contribution in [-0.4, -0.2) is 124 Å². The molecule has 68 heavy (non-hydrogen) atoms. The van der Waals surface area contributed by atoms with Crippen LogP contribution < -0.4 is 0 Å². The van der Waals surface area contributed by atoms with E-state index < -0.39 is 122 Å². The van der Waals surface area contributed by atoms with Crippen LogP contribution in [0.2, 0.25) is 0 Å². The Morgan fingerprint density at radius 3 is 2.10 bits per heavy atom. The number of ether oxygens (including phenoxy) is 7. The summed E-state index contributed by atoms with van der Waals surface area (Å²) in [7, 11) is 0.736. The molecule has 4 fully saturated rings. The number of nitrogens with zero attached hydrogens (tertiary/aromatic N) is 1. The van der Waals surface area contributed by atoms with Crippen molar-refractivity contribution in [3.8, 4) is 0 Å². The van der Waals surface area contributed by atoms with E-state index in [4.69, 9.17) is 68.0 Å². The average molecular weight is 1000 g/mol. The molecule has 1 N–H and O–H groups in total. The molecular formula is C48H55BCl3NO15. The van der Waals surface area contributed by atoms with E-state index in [1.165, 1.54) is 19.1 Å². The van der Waals surface area contributed by atoms with Crippen molar-refractivity contribution in [2.45, 2.75) is 132 Å². The molecule has 9 unspecified atom stereocenters. The van der Waals surface area contributed by atoms with Crippen molar-refractivity contribution in [2.24, 2.45) is 22.7 Å². The molecule has 11 atom stereocenters. The Kier molecular flexibility index (Phi) is 14.3. The second-order valence-electron chi connectivity index (χ2n) is 19.5. The first kappa shape index (κ1) is 51.6. The zero-order valence-corrected chi connectivity index (χ0v) is 41.2. The normalized spacial score (nSPS) is 33.8. The van der Waals surface area contributed by atoms with Crippen LogP contribution in [0.1, 0.15) is 96.6 Å². The van der Waals surface area contributed by atoms with Gasteiger partial charge in [0.25, 0.3) is 0 Å². The summed E-state index contributed by atoms with van der Waals surface area (Å²) >= 11 is 17.7. The van der Waals surface area contributed by atoms with Crippen LogP contribution in [0.4, 0.5) is 4.79 Å². The summed E-state index contributed by atoms with van der Waals surface area (Å²) in [6.45, 7) is 10.9. The third-order valence-corrected chi connectivity index (χ3v) is 15.2. The maximum atomic E-state index is 16.1. The Morgan fingerprint density at radius 2 is 1.54 bits per heavy atom. The monoisotopic (exact) mass is 1000 g/mol. The van der Waals surface area contributed by atoms with Crippen molar-refractivity contribution in [3.63, 3.8) is 0 Å². The van der Waals surface area contributed by atoms with Gasteiger partial charge in [-0.1, -0.05) is 53.0 Å². The molecule has 2 aromatic carbocycles. The molecule has 2 aliphatic heterocycles. The number of carbonyl (C=O) groups is 6. The van der Waals surface area contributed by atoms with Crippen molar-refractivity contribution in [1.82, 2.24) is 4.90 Å². The topological polar surface area (TPSA) is 208 Å². The van der Waals surface area contributed by atoms with Crippen molar-refractivity contribution >= 4 is 77.6 Å². The Hall–Kier alpha value is -4.23. The van der Waals surface area contributed by atoms with Crippen LogP contribution in [0.5, 0.6) is 0 Å². The number of Topliss-reactive ketones (excluding diaryl/α,β-unsaturated/α-hetero) is 2. The first-order chi connectivity index (χ1) is 31.7. The van der Waals surface area contributed by atoms with E-state index in [0.29, 0.717) is 11.1 Å². The van der Waals surface area contributed by atoms with Gasteiger partial charge >= 0.3 is 246 Å². The number of alkyl halides is 3. The third kappa shape index (κ3) is 9.05. The zero-order valence-electron chi connectivity index (χ0n) is 39.0. The quantitative estimate of drug-likeness (QED) is 0.0783. The predicted octanol–water partition coefficient (Wildman–Crippen LogP) is 6.58. The van der Waals surface area contributed by atoms with E-state index >= 15 is 9.59 Å². The molecule has 7 rings (SSSR count). The molecule has 2 heterocycles. The Labute approximate surface area is 409 Å². The minimum absolute atomic E-state index is 0.0539. The van der Waals surface area contributed by atoms with Gasteiger partial charge < -0.3 is 18.9 Å². The van der Waals surface area contributed by atoms with E-state index in [-0.39, 0.29) is 43.5 Å². The van der Waals surface area contributed by atoms with Gasteiger partial charge in [0, 0.05) is 20.3 Å². The van der Waals surface area contributed by atoms with E-state index in [2.05, 4.69) is 0 Å². The van der Waals surface area contributed by atoms with E-state index in [0.717, 1.165) is 21.0 Å². The summed E-state index contributed by atoms with van der Waals surface area (Å²) in [4.78, 5) is 87.7. The zero-order chi connectivity index (χ0) is 49.9. The van der Waals surface area contributed by atoms with Gasteiger partial charge in [-0.25, -0.2) is 9.59 Å². The van der Waals surface area contributed by atoms with Crippen LogP contribution in [0.15, 0.2) is 71.8 Å². The third-order valence-electron chi connectivity index (χ3n) is 14.8. The van der Waals surface area contributed by atoms with Gasteiger partial charge in [-0.05, 0) is 19.1 Å². The summed E-state index contributed by atoms with van der Waals surface area (Å²) in [5.74, 6) is -6.51. The predicted molar refractivity (Wildman–Crippen MR) is 244 cm³/mol. The molecule has 0 spiro atoms. The first-order valence-corrected chi connectivity index (χ1v) is 23.4. The Balaban J connectivity index is 1.45. The van der Waals surface area contributed by atoms with E-state index in [1.807, 2.05) is 30.3 Å². The van der Waals surface area contributed by atoms with Crippen molar-refractivity contribution in [2.75, 3.05) is 19.7 Å². The number of hydrogen-bond acceptors (Lipinski definition) is 16. The van der Waals surface area contributed by atoms with Gasteiger partial charge in [0.05, 0.1) is 12.2 Å². The van der Waals surface area contributed by atoms with Crippen LogP contribution in [-0.2, 0) is 57.0 Å². The van der Waals surface area contributed by atoms with Crippen molar-refractivity contribution < 1.29 is 71.7 Å². The number of aliphatic hydroxyl groups is 1. The number of ketones is 2. The van der Waals surface area contributed by atoms with Crippen molar-refractivity contribution in [1.29, 1.82) is 0 Å². The number of rotatable bonds is 12. The van der Waals surface area contributed by atoms with E-state index in [1.54, 1.807) is 57.7 Å². The van der Waals surface area contributed by atoms with Crippen LogP contribution in [0.25, 0.3) is 0 Å². The van der Waals surface area contributed by atoms with Gasteiger partial charge in [0.15, 0.2) is 0 Å². The summed E-state index contributed by atoms with van der Waals surface area (Å²) in [5, 5.41) is 14.1. The number of hydrogen-bond donors (Lipinski definition) is 1. The van der Waals surface area contributed by atoms with Gasteiger partial charge in [0.2, 0.25) is 3.79 Å². The number of fused-ring (bicyclic) bond motifs is 5. The molecule has 2 saturated heterocycles. The molecule has 2 bridgehead atoms. The Bertz CT molecular complexity index is 2380. The number of benzene rings is 2.